The van der Waals surface area contributed by atoms with Crippen molar-refractivity contribution in [1.82, 2.24) is 14.8 Å². The second-order valence-corrected chi connectivity index (χ2v) is 6.44. The fourth-order valence-electron chi connectivity index (χ4n) is 3.17. The fraction of sp³-hybridized carbons (Fsp3) is 0.471. The molecule has 0 aliphatic carbocycles. The van der Waals surface area contributed by atoms with Crippen molar-refractivity contribution in [2.75, 3.05) is 18.5 Å². The first-order valence-electron chi connectivity index (χ1n) is 8.48. The van der Waals surface area contributed by atoms with Crippen LogP contribution in [0.1, 0.15) is 34.6 Å². The number of aromatic amines is 1. The average Bonchev–Trinajstić information content (AvgIpc) is 2.92. The molecule has 0 bridgehead atoms. The number of alkyl halides is 3. The maximum atomic E-state index is 13.6. The van der Waals surface area contributed by atoms with E-state index in [2.05, 4.69) is 15.4 Å². The Morgan fingerprint density at radius 2 is 2.11 bits per heavy atom. The summed E-state index contributed by atoms with van der Waals surface area (Å²) in [6.45, 7) is 2.49. The van der Waals surface area contributed by atoms with E-state index in [0.29, 0.717) is 26.1 Å². The minimum atomic E-state index is -4.72. The lowest BCUT2D eigenvalue weighted by molar-refractivity contribution is -0.138. The molecule has 1 aliphatic heterocycles. The van der Waals surface area contributed by atoms with Crippen LogP contribution in [0, 0.1) is 12.8 Å². The molecule has 0 radical (unpaired) electrons. The predicted molar refractivity (Wildman–Crippen MR) is 90.5 cm³/mol. The molecule has 0 unspecified atom stereocenters. The van der Waals surface area contributed by atoms with E-state index in [1.165, 1.54) is 19.2 Å². The van der Waals surface area contributed by atoms with Gasteiger partial charge in [0.15, 0.2) is 0 Å². The van der Waals surface area contributed by atoms with Crippen LogP contribution in [-0.4, -0.2) is 33.9 Å². The number of amides is 1. The second kappa shape index (κ2) is 7.55. The molecule has 0 spiro atoms. The Bertz CT molecular complexity index is 882. The summed E-state index contributed by atoms with van der Waals surface area (Å²) in [5.41, 5.74) is -2.24. The molecule has 0 atom stereocenters. The Labute approximate surface area is 152 Å². The number of nitrogens with zero attached hydrogens (tertiary/aromatic N) is 2. The lowest BCUT2D eigenvalue weighted by Gasteiger charge is -2.22. The van der Waals surface area contributed by atoms with E-state index in [1.54, 1.807) is 0 Å². The highest BCUT2D eigenvalue weighted by molar-refractivity contribution is 6.04. The van der Waals surface area contributed by atoms with Crippen LogP contribution < -0.4 is 10.9 Å². The summed E-state index contributed by atoms with van der Waals surface area (Å²) in [6.07, 6.45) is -2.04. The van der Waals surface area contributed by atoms with Gasteiger partial charge in [0.1, 0.15) is 11.3 Å². The number of halogens is 3. The summed E-state index contributed by atoms with van der Waals surface area (Å²) >= 11 is 0. The smallest absolute Gasteiger partial charge is 0.381 e. The van der Waals surface area contributed by atoms with Gasteiger partial charge < -0.3 is 15.0 Å². The zero-order valence-electron chi connectivity index (χ0n) is 14.6. The van der Waals surface area contributed by atoms with Gasteiger partial charge in [-0.2, -0.15) is 18.3 Å². The third-order valence-corrected chi connectivity index (χ3v) is 4.43. The number of aryl methyl sites for hydroxylation is 1. The van der Waals surface area contributed by atoms with Gasteiger partial charge in [-0.15, -0.1) is 0 Å². The number of H-pyrrole nitrogens is 1. The number of hydrogen-bond donors (Lipinski definition) is 2. The molecule has 0 saturated carbocycles. The van der Waals surface area contributed by atoms with E-state index in [1.807, 2.05) is 0 Å². The Kier molecular flexibility index (Phi) is 5.36. The minimum Gasteiger partial charge on any atom is -0.381 e. The van der Waals surface area contributed by atoms with Crippen molar-refractivity contribution < 1.29 is 22.7 Å². The van der Waals surface area contributed by atoms with Gasteiger partial charge in [-0.25, -0.2) is 0 Å². The van der Waals surface area contributed by atoms with Gasteiger partial charge in [0, 0.05) is 37.7 Å². The second-order valence-electron chi connectivity index (χ2n) is 6.44. The van der Waals surface area contributed by atoms with Crippen molar-refractivity contribution in [1.29, 1.82) is 0 Å². The number of ether oxygens (including phenoxy) is 1. The molecule has 1 amide bonds. The molecule has 10 heteroatoms. The van der Waals surface area contributed by atoms with E-state index < -0.39 is 28.9 Å². The van der Waals surface area contributed by atoms with Crippen LogP contribution >= 0.6 is 0 Å². The molecular weight excluding hydrogens is 365 g/mol. The van der Waals surface area contributed by atoms with Crippen LogP contribution in [-0.2, 0) is 17.5 Å². The molecule has 1 aliphatic rings. The number of aromatic nitrogens is 3. The molecule has 146 valence electrons. The summed E-state index contributed by atoms with van der Waals surface area (Å²) in [5, 5.41) is 6.34. The van der Waals surface area contributed by atoms with E-state index in [4.69, 9.17) is 4.74 Å². The molecular formula is C17H19F3N4O3. The number of carbonyl (C=O) groups excluding carboxylic acids is 1. The van der Waals surface area contributed by atoms with Crippen molar-refractivity contribution in [2.24, 2.45) is 5.92 Å². The highest BCUT2D eigenvalue weighted by atomic mass is 19.4. The van der Waals surface area contributed by atoms with Gasteiger partial charge in [-0.05, 0) is 31.7 Å². The lowest BCUT2D eigenvalue weighted by Crippen LogP contribution is -2.26. The van der Waals surface area contributed by atoms with Crippen molar-refractivity contribution in [2.45, 2.75) is 32.5 Å². The van der Waals surface area contributed by atoms with Crippen LogP contribution in [0.5, 0.6) is 0 Å². The van der Waals surface area contributed by atoms with Crippen molar-refractivity contribution in [3.05, 3.63) is 45.6 Å². The Morgan fingerprint density at radius 3 is 2.74 bits per heavy atom. The lowest BCUT2D eigenvalue weighted by atomic mass is 10.0. The summed E-state index contributed by atoms with van der Waals surface area (Å²) in [5.74, 6) is -0.883. The maximum Gasteiger partial charge on any atom is 0.420 e. The summed E-state index contributed by atoms with van der Waals surface area (Å²) in [6, 6.07) is 2.48. The first-order chi connectivity index (χ1) is 12.8. The average molecular weight is 384 g/mol. The van der Waals surface area contributed by atoms with E-state index in [-0.39, 0.29) is 23.8 Å². The SMILES string of the molecule is Cc1nn(CC2CCOCC2)c(C(=O)Nc2cc[nH]c(=O)c2)c1C(F)(F)F. The van der Waals surface area contributed by atoms with Gasteiger partial charge in [0.05, 0.1) is 5.69 Å². The van der Waals surface area contributed by atoms with Crippen molar-refractivity contribution in [3.8, 4) is 0 Å². The summed E-state index contributed by atoms with van der Waals surface area (Å²) in [4.78, 5) is 26.4. The third-order valence-electron chi connectivity index (χ3n) is 4.43. The Hall–Kier alpha value is -2.62. The highest BCUT2D eigenvalue weighted by Gasteiger charge is 2.41. The topological polar surface area (TPSA) is 89.0 Å². The monoisotopic (exact) mass is 384 g/mol. The molecule has 2 aromatic rings. The normalized spacial score (nSPS) is 15.7. The molecule has 1 saturated heterocycles. The fourth-order valence-corrected chi connectivity index (χ4v) is 3.17. The zero-order valence-corrected chi connectivity index (χ0v) is 14.6. The Morgan fingerprint density at radius 1 is 1.41 bits per heavy atom. The van der Waals surface area contributed by atoms with Crippen LogP contribution in [0.4, 0.5) is 18.9 Å². The largest absolute Gasteiger partial charge is 0.420 e. The van der Waals surface area contributed by atoms with E-state index in [9.17, 15) is 22.8 Å². The maximum absolute atomic E-state index is 13.6. The Balaban J connectivity index is 1.96. The first-order valence-corrected chi connectivity index (χ1v) is 8.48. The standard InChI is InChI=1S/C17H19F3N4O3/c1-10-14(17(18,19)20)15(16(26)22-12-2-5-21-13(25)8-12)24(23-10)9-11-3-6-27-7-4-11/h2,5,8,11H,3-4,6-7,9H2,1H3,(H2,21,22,25,26). The van der Waals surface area contributed by atoms with Crippen LogP contribution in [0.3, 0.4) is 0 Å². The van der Waals surface area contributed by atoms with Crippen molar-refractivity contribution >= 4 is 11.6 Å². The molecule has 2 aromatic heterocycles. The van der Waals surface area contributed by atoms with Crippen LogP contribution in [0.25, 0.3) is 0 Å². The van der Waals surface area contributed by atoms with E-state index >= 15 is 0 Å². The van der Waals surface area contributed by atoms with Gasteiger partial charge in [0.2, 0.25) is 5.56 Å². The van der Waals surface area contributed by atoms with Gasteiger partial charge in [0.25, 0.3) is 5.91 Å². The quantitative estimate of drug-likeness (QED) is 0.848. The number of nitrogens with one attached hydrogen (secondary N) is 2. The molecule has 7 nitrogen and oxygen atoms in total. The van der Waals surface area contributed by atoms with Crippen LogP contribution in [0.2, 0.25) is 0 Å². The molecule has 1 fully saturated rings. The van der Waals surface area contributed by atoms with E-state index in [0.717, 1.165) is 10.7 Å². The number of carbonyl (C=O) groups is 1. The third kappa shape index (κ3) is 4.38. The number of hydrogen-bond acceptors (Lipinski definition) is 4. The zero-order chi connectivity index (χ0) is 19.6. The van der Waals surface area contributed by atoms with Gasteiger partial charge in [-0.3, -0.25) is 14.3 Å². The highest BCUT2D eigenvalue weighted by Crippen LogP contribution is 2.35. The minimum absolute atomic E-state index is 0.0743. The van der Waals surface area contributed by atoms with Gasteiger partial charge in [-0.1, -0.05) is 0 Å². The molecule has 3 rings (SSSR count). The van der Waals surface area contributed by atoms with Gasteiger partial charge >= 0.3 is 6.18 Å². The first kappa shape index (κ1) is 19.2. The molecule has 2 N–H and O–H groups in total. The summed E-state index contributed by atoms with van der Waals surface area (Å²) < 4.78 is 47.1. The van der Waals surface area contributed by atoms with Crippen LogP contribution in [0.15, 0.2) is 23.1 Å². The number of anilines is 1. The molecule has 0 aromatic carbocycles. The predicted octanol–water partition coefficient (Wildman–Crippen LogP) is 2.58. The molecule has 3 heterocycles. The van der Waals surface area contributed by atoms with Crippen molar-refractivity contribution in [3.63, 3.8) is 0 Å². The molecule has 27 heavy (non-hydrogen) atoms. The number of pyridine rings is 1. The summed E-state index contributed by atoms with van der Waals surface area (Å²) in [7, 11) is 0. The number of rotatable bonds is 4.